The van der Waals surface area contributed by atoms with Crippen LogP contribution in [0.2, 0.25) is 0 Å². The first-order chi connectivity index (χ1) is 13.4. The van der Waals surface area contributed by atoms with Crippen molar-refractivity contribution in [1.29, 1.82) is 0 Å². The molecule has 2 aromatic carbocycles. The summed E-state index contributed by atoms with van der Waals surface area (Å²) in [5.41, 5.74) is 2.96. The molecule has 0 radical (unpaired) electrons. The van der Waals surface area contributed by atoms with Crippen molar-refractivity contribution >= 4 is 17.6 Å². The second-order valence-electron chi connectivity index (χ2n) is 6.41. The third kappa shape index (κ3) is 4.03. The molecule has 7 nitrogen and oxygen atoms in total. The molecular formula is C21H20N2O5. The molecular weight excluding hydrogens is 360 g/mol. The second kappa shape index (κ2) is 7.96. The van der Waals surface area contributed by atoms with Gasteiger partial charge in [0.1, 0.15) is 11.5 Å². The van der Waals surface area contributed by atoms with Gasteiger partial charge in [0.2, 0.25) is 0 Å². The number of amides is 1. The number of rotatable bonds is 5. The Kier molecular flexibility index (Phi) is 5.44. The number of aromatic hydroxyl groups is 1. The molecule has 2 N–H and O–H groups in total. The molecule has 0 aromatic heterocycles. The zero-order valence-corrected chi connectivity index (χ0v) is 15.5. The topological polar surface area (TPSA) is 99.4 Å². The summed E-state index contributed by atoms with van der Waals surface area (Å²) in [7, 11) is 1.58. The fraction of sp³-hybridized carbons (Fsp3) is 0.190. The van der Waals surface area contributed by atoms with Crippen LogP contribution in [0, 0.1) is 6.92 Å². The fourth-order valence-electron chi connectivity index (χ4n) is 3.07. The molecule has 1 aliphatic rings. The molecule has 1 atom stereocenters. The highest BCUT2D eigenvalue weighted by Gasteiger charge is 2.33. The highest BCUT2D eigenvalue weighted by atomic mass is 16.5. The van der Waals surface area contributed by atoms with E-state index in [2.05, 4.69) is 5.10 Å². The van der Waals surface area contributed by atoms with Gasteiger partial charge in [0, 0.05) is 24.1 Å². The van der Waals surface area contributed by atoms with Crippen LogP contribution in [-0.4, -0.2) is 39.9 Å². The predicted molar refractivity (Wildman–Crippen MR) is 103 cm³/mol. The van der Waals surface area contributed by atoms with Crippen LogP contribution in [0.3, 0.4) is 0 Å². The quantitative estimate of drug-likeness (QED) is 0.777. The predicted octanol–water partition coefficient (Wildman–Crippen LogP) is 3.03. The van der Waals surface area contributed by atoms with Crippen molar-refractivity contribution < 1.29 is 24.5 Å². The number of hydrogen-bond donors (Lipinski definition) is 2. The Labute approximate surface area is 162 Å². The summed E-state index contributed by atoms with van der Waals surface area (Å²) in [5.74, 6) is -1.03. The van der Waals surface area contributed by atoms with Crippen molar-refractivity contribution in [2.75, 3.05) is 7.11 Å². The van der Waals surface area contributed by atoms with Crippen LogP contribution in [-0.2, 0) is 9.59 Å². The number of aryl methyl sites for hydroxylation is 1. The first-order valence-electron chi connectivity index (χ1n) is 8.64. The molecule has 0 fully saturated rings. The van der Waals surface area contributed by atoms with Crippen LogP contribution >= 0.6 is 0 Å². The molecule has 7 heteroatoms. The summed E-state index contributed by atoms with van der Waals surface area (Å²) < 4.78 is 5.16. The van der Waals surface area contributed by atoms with E-state index in [9.17, 15) is 14.7 Å². The lowest BCUT2D eigenvalue weighted by atomic mass is 9.96. The minimum absolute atomic E-state index is 0.0572. The zero-order valence-electron chi connectivity index (χ0n) is 15.5. The van der Waals surface area contributed by atoms with Crippen LogP contribution in [0.4, 0.5) is 0 Å². The van der Waals surface area contributed by atoms with Crippen LogP contribution in [0.25, 0.3) is 0 Å². The van der Waals surface area contributed by atoms with Gasteiger partial charge in [-0.3, -0.25) is 4.79 Å². The summed E-state index contributed by atoms with van der Waals surface area (Å²) >= 11 is 0. The van der Waals surface area contributed by atoms with E-state index in [1.807, 2.05) is 19.1 Å². The highest BCUT2D eigenvalue weighted by Crippen LogP contribution is 2.37. The van der Waals surface area contributed by atoms with Gasteiger partial charge in [0.25, 0.3) is 5.91 Å². The summed E-state index contributed by atoms with van der Waals surface area (Å²) in [4.78, 5) is 23.3. The lowest BCUT2D eigenvalue weighted by molar-refractivity contribution is -0.132. The number of carboxylic acids is 1. The van der Waals surface area contributed by atoms with E-state index in [1.165, 1.54) is 5.01 Å². The third-order valence-electron chi connectivity index (χ3n) is 4.47. The number of phenols is 1. The van der Waals surface area contributed by atoms with Gasteiger partial charge in [0.15, 0.2) is 0 Å². The largest absolute Gasteiger partial charge is 0.508 e. The Bertz CT molecular complexity index is 963. The molecule has 0 spiro atoms. The Hall–Kier alpha value is -3.61. The standard InChI is InChI=1S/C21H20N2O5/c1-13-3-8-19(24)16(11-13)18-12-17(14-4-6-15(28-2)7-5-14)22-23(18)20(25)9-10-21(26)27/h3-11,18,24H,12H2,1-2H3,(H,26,27). The SMILES string of the molecule is COc1ccc(C2=NN(C(=O)C=CC(=O)O)C(c3cc(C)ccc3O)C2)cc1. The highest BCUT2D eigenvalue weighted by molar-refractivity contribution is 6.04. The average molecular weight is 380 g/mol. The van der Waals surface area contributed by atoms with Gasteiger partial charge in [-0.25, -0.2) is 9.80 Å². The van der Waals surface area contributed by atoms with E-state index in [1.54, 1.807) is 37.4 Å². The van der Waals surface area contributed by atoms with Gasteiger partial charge >= 0.3 is 5.97 Å². The molecule has 144 valence electrons. The number of hydrazone groups is 1. The van der Waals surface area contributed by atoms with Crippen LogP contribution in [0.15, 0.2) is 59.7 Å². The first kappa shape index (κ1) is 19.2. The maximum absolute atomic E-state index is 12.6. The summed E-state index contributed by atoms with van der Waals surface area (Å²) in [6.07, 6.45) is 2.12. The summed E-state index contributed by atoms with van der Waals surface area (Å²) in [5, 5.41) is 24.8. The second-order valence-corrected chi connectivity index (χ2v) is 6.41. The van der Waals surface area contributed by atoms with Crippen molar-refractivity contribution in [3.63, 3.8) is 0 Å². The Morgan fingerprint density at radius 2 is 1.89 bits per heavy atom. The summed E-state index contributed by atoms with van der Waals surface area (Å²) in [6.45, 7) is 1.89. The number of carboxylic acid groups (broad SMARTS) is 1. The minimum Gasteiger partial charge on any atom is -0.508 e. The minimum atomic E-state index is -1.22. The number of carbonyl (C=O) groups excluding carboxylic acids is 1. The number of nitrogens with zero attached hydrogens (tertiary/aromatic N) is 2. The van der Waals surface area contributed by atoms with Crippen LogP contribution in [0.5, 0.6) is 11.5 Å². The van der Waals surface area contributed by atoms with E-state index in [0.29, 0.717) is 23.4 Å². The lowest BCUT2D eigenvalue weighted by Crippen LogP contribution is -2.25. The van der Waals surface area contributed by atoms with E-state index in [0.717, 1.165) is 23.3 Å². The van der Waals surface area contributed by atoms with Crippen molar-refractivity contribution in [2.24, 2.45) is 5.10 Å². The Balaban J connectivity index is 1.99. The van der Waals surface area contributed by atoms with Gasteiger partial charge in [-0.2, -0.15) is 5.10 Å². The molecule has 1 amide bonds. The van der Waals surface area contributed by atoms with Gasteiger partial charge < -0.3 is 14.9 Å². The number of methoxy groups -OCH3 is 1. The number of carbonyl (C=O) groups is 2. The molecule has 1 heterocycles. The Morgan fingerprint density at radius 1 is 1.18 bits per heavy atom. The molecule has 1 unspecified atom stereocenters. The smallest absolute Gasteiger partial charge is 0.328 e. The molecule has 1 aliphatic heterocycles. The van der Waals surface area contributed by atoms with Crippen molar-refractivity contribution in [1.82, 2.24) is 5.01 Å². The van der Waals surface area contributed by atoms with E-state index < -0.39 is 17.9 Å². The third-order valence-corrected chi connectivity index (χ3v) is 4.47. The zero-order chi connectivity index (χ0) is 20.3. The van der Waals surface area contributed by atoms with Crippen LogP contribution < -0.4 is 4.74 Å². The fourth-order valence-corrected chi connectivity index (χ4v) is 3.07. The number of ether oxygens (including phenoxy) is 1. The first-order valence-corrected chi connectivity index (χ1v) is 8.64. The van der Waals surface area contributed by atoms with Crippen LogP contribution in [0.1, 0.15) is 29.2 Å². The maximum atomic E-state index is 12.6. The molecule has 0 aliphatic carbocycles. The van der Waals surface area contributed by atoms with Gasteiger partial charge in [-0.1, -0.05) is 17.7 Å². The normalized spacial score (nSPS) is 16.3. The lowest BCUT2D eigenvalue weighted by Gasteiger charge is -2.22. The van der Waals surface area contributed by atoms with Gasteiger partial charge in [-0.15, -0.1) is 0 Å². The average Bonchev–Trinajstić information content (AvgIpc) is 3.13. The van der Waals surface area contributed by atoms with E-state index in [4.69, 9.17) is 9.84 Å². The number of benzene rings is 2. The molecule has 0 saturated heterocycles. The van der Waals surface area contributed by atoms with E-state index >= 15 is 0 Å². The molecule has 3 rings (SSSR count). The number of phenolic OH excluding ortho intramolecular Hbond substituents is 1. The Morgan fingerprint density at radius 3 is 2.54 bits per heavy atom. The number of hydrogen-bond acceptors (Lipinski definition) is 5. The molecule has 28 heavy (non-hydrogen) atoms. The van der Waals surface area contributed by atoms with Gasteiger partial charge in [-0.05, 0) is 42.8 Å². The van der Waals surface area contributed by atoms with Crippen molar-refractivity contribution in [3.8, 4) is 11.5 Å². The van der Waals surface area contributed by atoms with Gasteiger partial charge in [0.05, 0.1) is 18.9 Å². The monoisotopic (exact) mass is 380 g/mol. The van der Waals surface area contributed by atoms with Crippen molar-refractivity contribution in [2.45, 2.75) is 19.4 Å². The maximum Gasteiger partial charge on any atom is 0.328 e. The van der Waals surface area contributed by atoms with E-state index in [-0.39, 0.29) is 5.75 Å². The molecule has 0 bridgehead atoms. The van der Waals surface area contributed by atoms with Crippen molar-refractivity contribution in [3.05, 3.63) is 71.3 Å². The molecule has 0 saturated carbocycles. The number of aliphatic carboxylic acids is 1. The molecule has 2 aromatic rings. The summed E-state index contributed by atoms with van der Waals surface area (Å²) in [6, 6.07) is 11.9.